The Morgan fingerprint density at radius 2 is 2.00 bits per heavy atom. The van der Waals surface area contributed by atoms with Gasteiger partial charge in [0.05, 0.1) is 11.7 Å². The smallest absolute Gasteiger partial charge is 0.0701 e. The molecule has 0 aromatic rings. The highest BCUT2D eigenvalue weighted by molar-refractivity contribution is 8.00. The molecule has 0 radical (unpaired) electrons. The first-order valence-electron chi connectivity index (χ1n) is 7.30. The Balaban J connectivity index is 1.62. The van der Waals surface area contributed by atoms with Crippen LogP contribution in [-0.4, -0.2) is 45.9 Å². The van der Waals surface area contributed by atoms with E-state index in [-0.39, 0.29) is 11.7 Å². The Labute approximate surface area is 119 Å². The Kier molecular flexibility index (Phi) is 4.49. The molecule has 3 atom stereocenters. The van der Waals surface area contributed by atoms with Crippen LogP contribution in [0.2, 0.25) is 0 Å². The summed E-state index contributed by atoms with van der Waals surface area (Å²) >= 11 is 4.04. The third kappa shape index (κ3) is 2.87. The topological polar surface area (TPSA) is 29.5 Å². The fraction of sp³-hybridized carbons (Fsp3) is 1.00. The second kappa shape index (κ2) is 5.94. The molecular formula is C14H24O2S2. The molecule has 104 valence electrons. The van der Waals surface area contributed by atoms with Crippen molar-refractivity contribution in [1.29, 1.82) is 0 Å². The Hall–Kier alpha value is 0.620. The normalized spacial score (nSPS) is 37.8. The maximum absolute atomic E-state index is 10.6. The molecule has 1 N–H and O–H groups in total. The average Bonchev–Trinajstić information content (AvgIpc) is 2.93. The Morgan fingerprint density at radius 1 is 1.17 bits per heavy atom. The fourth-order valence-electron chi connectivity index (χ4n) is 3.62. The van der Waals surface area contributed by atoms with Crippen LogP contribution in [0.4, 0.5) is 0 Å². The van der Waals surface area contributed by atoms with Gasteiger partial charge in [-0.05, 0) is 61.7 Å². The van der Waals surface area contributed by atoms with E-state index in [2.05, 4.69) is 11.8 Å². The molecule has 2 nitrogen and oxygen atoms in total. The van der Waals surface area contributed by atoms with E-state index in [1.54, 1.807) is 0 Å². The number of hydrogen-bond donors (Lipinski definition) is 1. The van der Waals surface area contributed by atoms with Crippen LogP contribution in [0.25, 0.3) is 0 Å². The molecule has 3 unspecified atom stereocenters. The maximum atomic E-state index is 10.6. The summed E-state index contributed by atoms with van der Waals surface area (Å²) in [7, 11) is 0. The standard InChI is InChI=1S/C14H24O2S2/c15-13(12-2-1-7-18-12)11-3-6-16-14(10-11)4-8-17-9-5-14/h11-13,15H,1-10H2. The maximum Gasteiger partial charge on any atom is 0.0701 e. The van der Waals surface area contributed by atoms with Crippen LogP contribution in [0.15, 0.2) is 0 Å². The van der Waals surface area contributed by atoms with Gasteiger partial charge in [0.25, 0.3) is 0 Å². The predicted octanol–water partition coefficient (Wildman–Crippen LogP) is 2.94. The lowest BCUT2D eigenvalue weighted by Crippen LogP contribution is -2.47. The first-order chi connectivity index (χ1) is 8.79. The van der Waals surface area contributed by atoms with Crippen molar-refractivity contribution >= 4 is 23.5 Å². The van der Waals surface area contributed by atoms with Crippen molar-refractivity contribution in [3.05, 3.63) is 0 Å². The second-order valence-corrected chi connectivity index (χ2v) is 8.51. The lowest BCUT2D eigenvalue weighted by atomic mass is 9.78. The third-order valence-electron chi connectivity index (χ3n) is 4.76. The zero-order chi connectivity index (χ0) is 12.4. The minimum Gasteiger partial charge on any atom is -0.392 e. The van der Waals surface area contributed by atoms with Crippen molar-refractivity contribution in [3.63, 3.8) is 0 Å². The highest BCUT2D eigenvalue weighted by Gasteiger charge is 2.42. The van der Waals surface area contributed by atoms with Gasteiger partial charge < -0.3 is 9.84 Å². The summed E-state index contributed by atoms with van der Waals surface area (Å²) in [4.78, 5) is 0. The zero-order valence-electron chi connectivity index (χ0n) is 11.0. The van der Waals surface area contributed by atoms with E-state index in [0.717, 1.165) is 19.4 Å². The molecule has 0 saturated carbocycles. The summed E-state index contributed by atoms with van der Waals surface area (Å²) in [6.07, 6.45) is 6.97. The molecule has 0 aliphatic carbocycles. The summed E-state index contributed by atoms with van der Waals surface area (Å²) in [5.41, 5.74) is 0.123. The summed E-state index contributed by atoms with van der Waals surface area (Å²) in [6.45, 7) is 0.865. The van der Waals surface area contributed by atoms with Gasteiger partial charge in [0.15, 0.2) is 0 Å². The van der Waals surface area contributed by atoms with Crippen molar-refractivity contribution < 1.29 is 9.84 Å². The fourth-order valence-corrected chi connectivity index (χ4v) is 6.25. The van der Waals surface area contributed by atoms with E-state index in [0.29, 0.717) is 11.2 Å². The van der Waals surface area contributed by atoms with Gasteiger partial charge in [-0.1, -0.05) is 0 Å². The predicted molar refractivity (Wildman–Crippen MR) is 79.5 cm³/mol. The second-order valence-electron chi connectivity index (χ2n) is 5.94. The Morgan fingerprint density at radius 3 is 2.72 bits per heavy atom. The molecule has 0 aromatic carbocycles. The molecule has 3 aliphatic rings. The number of aliphatic hydroxyl groups excluding tert-OH is 1. The quantitative estimate of drug-likeness (QED) is 0.846. The van der Waals surface area contributed by atoms with E-state index < -0.39 is 0 Å². The van der Waals surface area contributed by atoms with Crippen LogP contribution >= 0.6 is 23.5 Å². The van der Waals surface area contributed by atoms with Gasteiger partial charge in [0, 0.05) is 11.9 Å². The van der Waals surface area contributed by atoms with Crippen LogP contribution in [0.5, 0.6) is 0 Å². The van der Waals surface area contributed by atoms with Gasteiger partial charge in [-0.2, -0.15) is 23.5 Å². The number of ether oxygens (including phenoxy) is 1. The van der Waals surface area contributed by atoms with Crippen molar-refractivity contribution in [2.24, 2.45) is 5.92 Å². The first kappa shape index (κ1) is 13.6. The monoisotopic (exact) mass is 288 g/mol. The van der Waals surface area contributed by atoms with E-state index in [9.17, 15) is 5.11 Å². The third-order valence-corrected chi connectivity index (χ3v) is 7.22. The van der Waals surface area contributed by atoms with Crippen LogP contribution in [-0.2, 0) is 4.74 Å². The molecule has 0 amide bonds. The molecule has 0 aromatic heterocycles. The van der Waals surface area contributed by atoms with Gasteiger partial charge in [-0.15, -0.1) is 0 Å². The highest BCUT2D eigenvalue weighted by Crippen LogP contribution is 2.43. The summed E-state index contributed by atoms with van der Waals surface area (Å²) < 4.78 is 6.12. The largest absolute Gasteiger partial charge is 0.392 e. The molecule has 3 rings (SSSR count). The summed E-state index contributed by atoms with van der Waals surface area (Å²) in [5, 5.41) is 11.1. The molecule has 3 aliphatic heterocycles. The molecule has 0 bridgehead atoms. The van der Waals surface area contributed by atoms with Crippen LogP contribution in [0.1, 0.15) is 38.5 Å². The number of hydrogen-bond acceptors (Lipinski definition) is 4. The molecule has 3 fully saturated rings. The van der Waals surface area contributed by atoms with Crippen LogP contribution < -0.4 is 0 Å². The zero-order valence-corrected chi connectivity index (χ0v) is 12.6. The van der Waals surface area contributed by atoms with Crippen molar-refractivity contribution in [1.82, 2.24) is 0 Å². The molecule has 1 spiro atoms. The van der Waals surface area contributed by atoms with Crippen LogP contribution in [0, 0.1) is 5.92 Å². The van der Waals surface area contributed by atoms with Gasteiger partial charge >= 0.3 is 0 Å². The molecule has 3 heterocycles. The number of aliphatic hydroxyl groups is 1. The molecule has 18 heavy (non-hydrogen) atoms. The van der Waals surface area contributed by atoms with Crippen molar-refractivity contribution in [2.45, 2.75) is 55.5 Å². The van der Waals surface area contributed by atoms with Gasteiger partial charge in [0.2, 0.25) is 0 Å². The SMILES string of the molecule is OC(C1CCOC2(CCSCC2)C1)C1CCCS1. The number of rotatable bonds is 2. The van der Waals surface area contributed by atoms with Crippen molar-refractivity contribution in [3.8, 4) is 0 Å². The summed E-state index contributed by atoms with van der Waals surface area (Å²) in [6, 6.07) is 0. The lowest BCUT2D eigenvalue weighted by Gasteiger charge is -2.45. The van der Waals surface area contributed by atoms with Gasteiger partial charge in [-0.3, -0.25) is 0 Å². The molecule has 3 saturated heterocycles. The molecule has 4 heteroatoms. The van der Waals surface area contributed by atoms with Gasteiger partial charge in [-0.25, -0.2) is 0 Å². The summed E-state index contributed by atoms with van der Waals surface area (Å²) in [5.74, 6) is 4.20. The first-order valence-corrected chi connectivity index (χ1v) is 9.51. The Bertz CT molecular complexity index is 267. The minimum atomic E-state index is -0.0899. The van der Waals surface area contributed by atoms with E-state index in [1.165, 1.54) is 42.9 Å². The van der Waals surface area contributed by atoms with Gasteiger partial charge in [0.1, 0.15) is 0 Å². The highest BCUT2D eigenvalue weighted by atomic mass is 32.2. The molecular weight excluding hydrogens is 264 g/mol. The average molecular weight is 288 g/mol. The van der Waals surface area contributed by atoms with E-state index in [1.807, 2.05) is 11.8 Å². The van der Waals surface area contributed by atoms with Crippen molar-refractivity contribution in [2.75, 3.05) is 23.9 Å². The van der Waals surface area contributed by atoms with E-state index in [4.69, 9.17) is 4.74 Å². The minimum absolute atomic E-state index is 0.0899. The lowest BCUT2D eigenvalue weighted by molar-refractivity contribution is -0.120. The number of thioether (sulfide) groups is 2. The van der Waals surface area contributed by atoms with E-state index >= 15 is 0 Å². The van der Waals surface area contributed by atoms with Crippen LogP contribution in [0.3, 0.4) is 0 Å².